The SMILES string of the molecule is C=C1C/C=C\CCC(=C)N(c2ccccc2)C1=C. The van der Waals surface area contributed by atoms with E-state index in [9.17, 15) is 0 Å². The monoisotopic (exact) mass is 237 g/mol. The number of benzene rings is 1. The Labute approximate surface area is 109 Å². The molecule has 1 heterocycles. The lowest BCUT2D eigenvalue weighted by molar-refractivity contribution is 0.922. The normalized spacial score (nSPS) is 19.1. The zero-order valence-electron chi connectivity index (χ0n) is 10.7. The molecule has 1 aromatic rings. The van der Waals surface area contributed by atoms with Crippen LogP contribution in [0.3, 0.4) is 0 Å². The maximum absolute atomic E-state index is 4.19. The van der Waals surface area contributed by atoms with Crippen molar-refractivity contribution in [3.05, 3.63) is 79.2 Å². The first-order valence-corrected chi connectivity index (χ1v) is 6.25. The molecule has 0 spiro atoms. The fourth-order valence-corrected chi connectivity index (χ4v) is 2.09. The molecule has 2 rings (SSSR count). The molecule has 0 bridgehead atoms. The van der Waals surface area contributed by atoms with Gasteiger partial charge in [-0.2, -0.15) is 0 Å². The summed E-state index contributed by atoms with van der Waals surface area (Å²) in [6.07, 6.45) is 7.17. The molecule has 0 aliphatic carbocycles. The predicted molar refractivity (Wildman–Crippen MR) is 79.3 cm³/mol. The highest BCUT2D eigenvalue weighted by Crippen LogP contribution is 2.30. The first kappa shape index (κ1) is 12.4. The van der Waals surface area contributed by atoms with Gasteiger partial charge in [-0.1, -0.05) is 50.1 Å². The van der Waals surface area contributed by atoms with Gasteiger partial charge in [0.1, 0.15) is 0 Å². The molecule has 18 heavy (non-hydrogen) atoms. The van der Waals surface area contributed by atoms with Gasteiger partial charge in [-0.25, -0.2) is 0 Å². The summed E-state index contributed by atoms with van der Waals surface area (Å²) >= 11 is 0. The molecule has 1 aliphatic rings. The van der Waals surface area contributed by atoms with Gasteiger partial charge in [0, 0.05) is 17.1 Å². The fourth-order valence-electron chi connectivity index (χ4n) is 2.09. The molecule has 0 saturated heterocycles. The molecule has 0 atom stereocenters. The lowest BCUT2D eigenvalue weighted by Gasteiger charge is -2.29. The molecule has 92 valence electrons. The predicted octanol–water partition coefficient (Wildman–Crippen LogP) is 4.82. The van der Waals surface area contributed by atoms with Crippen LogP contribution in [-0.4, -0.2) is 0 Å². The Bertz CT molecular complexity index is 494. The zero-order valence-corrected chi connectivity index (χ0v) is 10.7. The molecule has 0 radical (unpaired) electrons. The van der Waals surface area contributed by atoms with E-state index < -0.39 is 0 Å². The van der Waals surface area contributed by atoms with Gasteiger partial charge in [-0.15, -0.1) is 0 Å². The van der Waals surface area contributed by atoms with E-state index in [1.807, 2.05) is 18.2 Å². The average molecular weight is 237 g/mol. The number of nitrogens with zero attached hydrogens (tertiary/aromatic N) is 1. The number of allylic oxidation sites excluding steroid dienone is 4. The van der Waals surface area contributed by atoms with Gasteiger partial charge in [0.25, 0.3) is 0 Å². The highest BCUT2D eigenvalue weighted by molar-refractivity contribution is 5.61. The van der Waals surface area contributed by atoms with Crippen LogP contribution in [0.2, 0.25) is 0 Å². The number of anilines is 1. The van der Waals surface area contributed by atoms with Gasteiger partial charge in [0.2, 0.25) is 0 Å². The van der Waals surface area contributed by atoms with E-state index in [1.165, 1.54) is 0 Å². The van der Waals surface area contributed by atoms with E-state index in [-0.39, 0.29) is 0 Å². The van der Waals surface area contributed by atoms with Crippen LogP contribution in [0.15, 0.2) is 79.2 Å². The van der Waals surface area contributed by atoms with Crippen LogP contribution in [0.5, 0.6) is 0 Å². The molecule has 0 saturated carbocycles. The van der Waals surface area contributed by atoms with Crippen molar-refractivity contribution in [1.82, 2.24) is 0 Å². The second-order valence-corrected chi connectivity index (χ2v) is 4.50. The van der Waals surface area contributed by atoms with Crippen molar-refractivity contribution in [1.29, 1.82) is 0 Å². The third-order valence-electron chi connectivity index (χ3n) is 3.14. The molecule has 0 fully saturated rings. The molecule has 0 aromatic heterocycles. The molecule has 0 unspecified atom stereocenters. The quantitative estimate of drug-likeness (QED) is 0.633. The van der Waals surface area contributed by atoms with Crippen LogP contribution >= 0.6 is 0 Å². The maximum Gasteiger partial charge on any atom is 0.0457 e. The summed E-state index contributed by atoms with van der Waals surface area (Å²) in [4.78, 5) is 2.12. The second-order valence-electron chi connectivity index (χ2n) is 4.50. The molecule has 1 nitrogen and oxygen atoms in total. The highest BCUT2D eigenvalue weighted by Gasteiger charge is 2.16. The minimum absolute atomic E-state index is 0.857. The van der Waals surface area contributed by atoms with Crippen molar-refractivity contribution in [2.24, 2.45) is 0 Å². The van der Waals surface area contributed by atoms with Gasteiger partial charge in [-0.05, 0) is 37.0 Å². The average Bonchev–Trinajstić information content (AvgIpc) is 2.44. The summed E-state index contributed by atoms with van der Waals surface area (Å²) in [6.45, 7) is 12.5. The van der Waals surface area contributed by atoms with E-state index >= 15 is 0 Å². The lowest BCUT2D eigenvalue weighted by atomic mass is 10.1. The molecule has 1 heteroatoms. The summed E-state index contributed by atoms with van der Waals surface area (Å²) in [5.41, 5.74) is 4.16. The van der Waals surface area contributed by atoms with Crippen LogP contribution in [0.4, 0.5) is 5.69 Å². The number of hydrogen-bond acceptors (Lipinski definition) is 1. The number of rotatable bonds is 1. The van der Waals surface area contributed by atoms with Gasteiger partial charge >= 0.3 is 0 Å². The third-order valence-corrected chi connectivity index (χ3v) is 3.14. The molecule has 1 aromatic carbocycles. The minimum atomic E-state index is 0.857. The Morgan fingerprint density at radius 1 is 0.944 bits per heavy atom. The maximum atomic E-state index is 4.19. The topological polar surface area (TPSA) is 3.24 Å². The highest BCUT2D eigenvalue weighted by atomic mass is 15.2. The van der Waals surface area contributed by atoms with Crippen LogP contribution in [0, 0.1) is 0 Å². The minimum Gasteiger partial charge on any atom is -0.315 e. The summed E-state index contributed by atoms with van der Waals surface area (Å²) in [7, 11) is 0. The van der Waals surface area contributed by atoms with Gasteiger partial charge < -0.3 is 4.90 Å². The van der Waals surface area contributed by atoms with Crippen LogP contribution in [0.1, 0.15) is 19.3 Å². The zero-order chi connectivity index (χ0) is 13.0. The molecule has 1 aliphatic heterocycles. The number of para-hydroxylation sites is 1. The standard InChI is InChI=1S/C17H19N/c1-14-10-6-4-7-11-15(2)18(16(14)3)17-12-8-5-9-13-17/h4-6,8-9,12-13H,1-3,7,10-11H2/b6-4-. The molecular formula is C17H19N. The van der Waals surface area contributed by atoms with E-state index in [2.05, 4.69) is 48.9 Å². The van der Waals surface area contributed by atoms with Crippen molar-refractivity contribution >= 4 is 5.69 Å². The van der Waals surface area contributed by atoms with Crippen molar-refractivity contribution < 1.29 is 0 Å². The summed E-state index contributed by atoms with van der Waals surface area (Å²) in [5.74, 6) is 0. The molecular weight excluding hydrogens is 218 g/mol. The summed E-state index contributed by atoms with van der Waals surface area (Å²) in [5, 5.41) is 0. The van der Waals surface area contributed by atoms with Crippen molar-refractivity contribution in [3.8, 4) is 0 Å². The Hall–Kier alpha value is -2.02. The summed E-state index contributed by atoms with van der Waals surface area (Å²) < 4.78 is 0. The fraction of sp³-hybridized carbons (Fsp3) is 0.176. The summed E-state index contributed by atoms with van der Waals surface area (Å²) in [6, 6.07) is 10.2. The van der Waals surface area contributed by atoms with E-state index in [0.29, 0.717) is 0 Å². The van der Waals surface area contributed by atoms with Crippen LogP contribution < -0.4 is 4.90 Å². The van der Waals surface area contributed by atoms with Crippen LogP contribution in [-0.2, 0) is 0 Å². The molecule has 0 N–H and O–H groups in total. The Balaban J connectivity index is 2.37. The molecule has 0 amide bonds. The first-order valence-electron chi connectivity index (χ1n) is 6.25. The Morgan fingerprint density at radius 2 is 1.67 bits per heavy atom. The van der Waals surface area contributed by atoms with Crippen LogP contribution in [0.25, 0.3) is 0 Å². The van der Waals surface area contributed by atoms with E-state index in [4.69, 9.17) is 0 Å². The second kappa shape index (κ2) is 5.54. The Morgan fingerprint density at radius 3 is 2.39 bits per heavy atom. The third kappa shape index (κ3) is 2.62. The van der Waals surface area contributed by atoms with E-state index in [0.717, 1.165) is 41.9 Å². The van der Waals surface area contributed by atoms with Gasteiger partial charge in [0.15, 0.2) is 0 Å². The first-order chi connectivity index (χ1) is 8.70. The van der Waals surface area contributed by atoms with Crippen molar-refractivity contribution in [3.63, 3.8) is 0 Å². The smallest absolute Gasteiger partial charge is 0.0457 e. The Kier molecular flexibility index (Phi) is 3.83. The lowest BCUT2D eigenvalue weighted by Crippen LogP contribution is -2.21. The van der Waals surface area contributed by atoms with E-state index in [1.54, 1.807) is 0 Å². The van der Waals surface area contributed by atoms with Crippen molar-refractivity contribution in [2.45, 2.75) is 19.3 Å². The number of hydrogen-bond donors (Lipinski definition) is 0. The van der Waals surface area contributed by atoms with Gasteiger partial charge in [-0.3, -0.25) is 0 Å². The largest absolute Gasteiger partial charge is 0.315 e. The van der Waals surface area contributed by atoms with Crippen molar-refractivity contribution in [2.75, 3.05) is 4.90 Å². The van der Waals surface area contributed by atoms with Gasteiger partial charge in [0.05, 0.1) is 0 Å².